The summed E-state index contributed by atoms with van der Waals surface area (Å²) in [6.45, 7) is 1.73. The SMILES string of the molecule is O=S(=O)(c1ccc(OCc2cc(-c3ccc(Cl)cc3)no2)cc1)N1CCOCC1. The summed E-state index contributed by atoms with van der Waals surface area (Å²) in [6, 6.07) is 15.4. The lowest BCUT2D eigenvalue weighted by atomic mass is 10.1. The van der Waals surface area contributed by atoms with Crippen LogP contribution in [-0.2, 0) is 21.4 Å². The first-order valence-electron chi connectivity index (χ1n) is 9.05. The van der Waals surface area contributed by atoms with Crippen LogP contribution in [0.25, 0.3) is 11.3 Å². The Kier molecular flexibility index (Phi) is 5.86. The Labute approximate surface area is 173 Å². The molecule has 0 saturated carbocycles. The largest absolute Gasteiger partial charge is 0.486 e. The Morgan fingerprint density at radius 3 is 2.41 bits per heavy atom. The van der Waals surface area contributed by atoms with Crippen LogP contribution in [0.1, 0.15) is 5.76 Å². The second kappa shape index (κ2) is 8.54. The van der Waals surface area contributed by atoms with Crippen LogP contribution in [0.4, 0.5) is 0 Å². The van der Waals surface area contributed by atoms with Crippen molar-refractivity contribution in [1.29, 1.82) is 0 Å². The third kappa shape index (κ3) is 4.62. The van der Waals surface area contributed by atoms with Gasteiger partial charge in [0.15, 0.2) is 5.76 Å². The molecule has 0 atom stereocenters. The average molecular weight is 435 g/mol. The van der Waals surface area contributed by atoms with Crippen molar-refractivity contribution in [3.05, 3.63) is 65.4 Å². The first-order chi connectivity index (χ1) is 14.0. The van der Waals surface area contributed by atoms with Gasteiger partial charge in [0.05, 0.1) is 18.1 Å². The summed E-state index contributed by atoms with van der Waals surface area (Å²) < 4.78 is 42.9. The minimum absolute atomic E-state index is 0.177. The van der Waals surface area contributed by atoms with Crippen LogP contribution in [0.5, 0.6) is 5.75 Å². The fraction of sp³-hybridized carbons (Fsp3) is 0.250. The summed E-state index contributed by atoms with van der Waals surface area (Å²) >= 11 is 5.90. The first kappa shape index (κ1) is 19.9. The summed E-state index contributed by atoms with van der Waals surface area (Å²) in [5, 5.41) is 4.69. The third-order valence-electron chi connectivity index (χ3n) is 4.51. The second-order valence-electron chi connectivity index (χ2n) is 6.46. The van der Waals surface area contributed by atoms with Gasteiger partial charge in [-0.15, -0.1) is 0 Å². The highest BCUT2D eigenvalue weighted by atomic mass is 35.5. The van der Waals surface area contributed by atoms with E-state index in [1.807, 2.05) is 12.1 Å². The Hall–Kier alpha value is -2.39. The van der Waals surface area contributed by atoms with Gasteiger partial charge in [-0.3, -0.25) is 0 Å². The zero-order valence-corrected chi connectivity index (χ0v) is 17.0. The number of aromatic nitrogens is 1. The van der Waals surface area contributed by atoms with E-state index in [2.05, 4.69) is 5.16 Å². The smallest absolute Gasteiger partial charge is 0.243 e. The maximum atomic E-state index is 12.6. The second-order valence-corrected chi connectivity index (χ2v) is 8.84. The van der Waals surface area contributed by atoms with Gasteiger partial charge in [-0.05, 0) is 36.4 Å². The van der Waals surface area contributed by atoms with Crippen LogP contribution in [-0.4, -0.2) is 44.2 Å². The molecule has 0 N–H and O–H groups in total. The van der Waals surface area contributed by atoms with Gasteiger partial charge >= 0.3 is 0 Å². The Morgan fingerprint density at radius 1 is 1.03 bits per heavy atom. The molecule has 2 aromatic carbocycles. The molecule has 0 amide bonds. The molecule has 1 aliphatic heterocycles. The number of hydrogen-bond donors (Lipinski definition) is 0. The predicted molar refractivity (Wildman–Crippen MR) is 107 cm³/mol. The lowest BCUT2D eigenvalue weighted by Crippen LogP contribution is -2.40. The van der Waals surface area contributed by atoms with E-state index < -0.39 is 10.0 Å². The lowest BCUT2D eigenvalue weighted by Gasteiger charge is -2.26. The highest BCUT2D eigenvalue weighted by Crippen LogP contribution is 2.23. The van der Waals surface area contributed by atoms with Gasteiger partial charge in [-0.25, -0.2) is 8.42 Å². The molecule has 1 saturated heterocycles. The molecule has 0 spiro atoms. The molecule has 0 aliphatic carbocycles. The van der Waals surface area contributed by atoms with Crippen molar-refractivity contribution in [1.82, 2.24) is 9.46 Å². The summed E-state index contributed by atoms with van der Waals surface area (Å²) in [7, 11) is -3.52. The van der Waals surface area contributed by atoms with Crippen molar-refractivity contribution < 1.29 is 22.4 Å². The van der Waals surface area contributed by atoms with E-state index in [0.717, 1.165) is 5.56 Å². The first-order valence-corrected chi connectivity index (χ1v) is 10.9. The minimum atomic E-state index is -3.52. The summed E-state index contributed by atoms with van der Waals surface area (Å²) in [5.74, 6) is 1.09. The summed E-state index contributed by atoms with van der Waals surface area (Å²) in [6.07, 6.45) is 0. The number of ether oxygens (including phenoxy) is 2. The molecule has 1 aliphatic rings. The molecule has 1 fully saturated rings. The fourth-order valence-corrected chi connectivity index (χ4v) is 4.47. The van der Waals surface area contributed by atoms with Gasteiger partial charge in [-0.1, -0.05) is 28.9 Å². The highest BCUT2D eigenvalue weighted by molar-refractivity contribution is 7.89. The zero-order valence-electron chi connectivity index (χ0n) is 15.5. The quantitative estimate of drug-likeness (QED) is 0.589. The molecule has 2 heterocycles. The van der Waals surface area contributed by atoms with E-state index in [1.165, 1.54) is 4.31 Å². The van der Waals surface area contributed by atoms with Crippen molar-refractivity contribution in [3.8, 4) is 17.0 Å². The molecular formula is C20H19ClN2O5S. The molecule has 3 aromatic rings. The predicted octanol–water partition coefficient (Wildman–Crippen LogP) is 3.59. The Bertz CT molecular complexity index is 1060. The average Bonchev–Trinajstić information content (AvgIpc) is 3.23. The number of nitrogens with zero attached hydrogens (tertiary/aromatic N) is 2. The van der Waals surface area contributed by atoms with Crippen molar-refractivity contribution in [2.24, 2.45) is 0 Å². The van der Waals surface area contributed by atoms with Crippen LogP contribution in [0.15, 0.2) is 64.0 Å². The molecule has 4 rings (SSSR count). The lowest BCUT2D eigenvalue weighted by molar-refractivity contribution is 0.0730. The molecule has 0 radical (unpaired) electrons. The minimum Gasteiger partial charge on any atom is -0.486 e. The number of hydrogen-bond acceptors (Lipinski definition) is 6. The molecule has 29 heavy (non-hydrogen) atoms. The maximum absolute atomic E-state index is 12.6. The molecule has 0 bridgehead atoms. The van der Waals surface area contributed by atoms with Gasteiger partial charge < -0.3 is 14.0 Å². The van der Waals surface area contributed by atoms with E-state index >= 15 is 0 Å². The van der Waals surface area contributed by atoms with Gasteiger partial charge in [0, 0.05) is 29.7 Å². The van der Waals surface area contributed by atoms with Gasteiger partial charge in [-0.2, -0.15) is 4.31 Å². The van der Waals surface area contributed by atoms with Crippen molar-refractivity contribution in [2.75, 3.05) is 26.3 Å². The van der Waals surface area contributed by atoms with E-state index in [0.29, 0.717) is 48.5 Å². The Balaban J connectivity index is 1.39. The molecule has 152 valence electrons. The molecule has 7 nitrogen and oxygen atoms in total. The molecule has 0 unspecified atom stereocenters. The van der Waals surface area contributed by atoms with E-state index in [1.54, 1.807) is 42.5 Å². The van der Waals surface area contributed by atoms with Gasteiger partial charge in [0.25, 0.3) is 0 Å². The van der Waals surface area contributed by atoms with Crippen LogP contribution in [0, 0.1) is 0 Å². The monoisotopic (exact) mass is 434 g/mol. The number of sulfonamides is 1. The number of rotatable bonds is 6. The fourth-order valence-electron chi connectivity index (χ4n) is 2.94. The summed E-state index contributed by atoms with van der Waals surface area (Å²) in [5.41, 5.74) is 1.58. The van der Waals surface area contributed by atoms with E-state index in [9.17, 15) is 8.42 Å². The summed E-state index contributed by atoms with van der Waals surface area (Å²) in [4.78, 5) is 0.233. The standard InChI is InChI=1S/C20H19ClN2O5S/c21-16-3-1-15(2-4-16)20-13-18(28-22-20)14-27-17-5-7-19(8-6-17)29(24,25)23-9-11-26-12-10-23/h1-8,13H,9-12,14H2. The van der Waals surface area contributed by atoms with Crippen molar-refractivity contribution >= 4 is 21.6 Å². The van der Waals surface area contributed by atoms with E-state index in [4.69, 9.17) is 25.6 Å². The number of benzene rings is 2. The van der Waals surface area contributed by atoms with Crippen LogP contribution < -0.4 is 4.74 Å². The van der Waals surface area contributed by atoms with Crippen LogP contribution in [0.2, 0.25) is 5.02 Å². The number of halogens is 1. The van der Waals surface area contributed by atoms with Crippen molar-refractivity contribution in [3.63, 3.8) is 0 Å². The normalized spacial score (nSPS) is 15.3. The number of morpholine rings is 1. The van der Waals surface area contributed by atoms with Gasteiger partial charge in [0.2, 0.25) is 10.0 Å². The van der Waals surface area contributed by atoms with Crippen LogP contribution in [0.3, 0.4) is 0 Å². The third-order valence-corrected chi connectivity index (χ3v) is 6.68. The maximum Gasteiger partial charge on any atom is 0.243 e. The Morgan fingerprint density at radius 2 is 1.72 bits per heavy atom. The zero-order chi connectivity index (χ0) is 20.3. The molecule has 9 heteroatoms. The van der Waals surface area contributed by atoms with Crippen molar-refractivity contribution in [2.45, 2.75) is 11.5 Å². The highest BCUT2D eigenvalue weighted by Gasteiger charge is 2.26. The molecular weight excluding hydrogens is 416 g/mol. The van der Waals surface area contributed by atoms with Crippen LogP contribution >= 0.6 is 11.6 Å². The topological polar surface area (TPSA) is 81.9 Å². The van der Waals surface area contributed by atoms with Gasteiger partial charge in [0.1, 0.15) is 18.1 Å². The molecule has 1 aromatic heterocycles. The van der Waals surface area contributed by atoms with E-state index in [-0.39, 0.29) is 11.5 Å².